The molecule has 1 fully saturated rings. The van der Waals surface area contributed by atoms with Gasteiger partial charge in [-0.05, 0) is 37.1 Å². The van der Waals surface area contributed by atoms with Crippen molar-refractivity contribution in [3.05, 3.63) is 71.9 Å². The van der Waals surface area contributed by atoms with Gasteiger partial charge in [0, 0.05) is 30.0 Å². The fraction of sp³-hybridized carbons (Fsp3) is 0.250. The lowest BCUT2D eigenvalue weighted by molar-refractivity contribution is -0.125. The summed E-state index contributed by atoms with van der Waals surface area (Å²) in [5.41, 5.74) is 2.71. The molecule has 1 aromatic carbocycles. The molecule has 0 atom stereocenters. The molecule has 1 aliphatic rings. The van der Waals surface area contributed by atoms with E-state index in [0.29, 0.717) is 18.0 Å². The summed E-state index contributed by atoms with van der Waals surface area (Å²) in [5, 5.41) is 14.7. The number of carbonyl (C=O) groups excluding carboxylic acids is 1. The molecule has 32 heavy (non-hydrogen) atoms. The van der Waals surface area contributed by atoms with Crippen molar-refractivity contribution in [2.45, 2.75) is 19.4 Å². The molecule has 0 spiro atoms. The number of aromatic nitrogens is 3. The molecule has 8 heteroatoms. The first-order chi connectivity index (χ1) is 15.8. The van der Waals surface area contributed by atoms with E-state index in [4.69, 9.17) is 4.42 Å². The lowest BCUT2D eigenvalue weighted by atomic mass is 9.96. The second kappa shape index (κ2) is 9.32. The average Bonchev–Trinajstić information content (AvgIpc) is 3.56. The minimum atomic E-state index is 0.00818. The SMILES string of the molecule is O=C(NCc1csc(-c2ccccc2)n1)C1CCN(c2ccc(-c3ccco3)nn2)CC1. The highest BCUT2D eigenvalue weighted by atomic mass is 32.1. The zero-order valence-corrected chi connectivity index (χ0v) is 18.3. The highest BCUT2D eigenvalue weighted by molar-refractivity contribution is 7.13. The Morgan fingerprint density at radius 1 is 1.06 bits per heavy atom. The Bertz CT molecular complexity index is 1150. The van der Waals surface area contributed by atoms with E-state index in [-0.39, 0.29) is 11.8 Å². The van der Waals surface area contributed by atoms with Crippen LogP contribution in [0, 0.1) is 5.92 Å². The second-order valence-corrected chi connectivity index (χ2v) is 8.60. The molecule has 0 radical (unpaired) electrons. The first-order valence-corrected chi connectivity index (χ1v) is 11.5. The van der Waals surface area contributed by atoms with Gasteiger partial charge in [0.25, 0.3) is 0 Å². The van der Waals surface area contributed by atoms with E-state index in [2.05, 4.69) is 25.4 Å². The van der Waals surface area contributed by atoms with Crippen molar-refractivity contribution in [3.8, 4) is 22.0 Å². The summed E-state index contributed by atoms with van der Waals surface area (Å²) in [6.07, 6.45) is 3.21. The van der Waals surface area contributed by atoms with E-state index in [1.807, 2.05) is 60.0 Å². The number of nitrogens with one attached hydrogen (secondary N) is 1. The van der Waals surface area contributed by atoms with Gasteiger partial charge in [0.2, 0.25) is 5.91 Å². The largest absolute Gasteiger partial charge is 0.463 e. The molecule has 162 valence electrons. The van der Waals surface area contributed by atoms with Gasteiger partial charge in [-0.3, -0.25) is 4.79 Å². The van der Waals surface area contributed by atoms with Crippen LogP contribution in [0.5, 0.6) is 0 Å². The van der Waals surface area contributed by atoms with Gasteiger partial charge in [-0.25, -0.2) is 4.98 Å². The average molecular weight is 446 g/mol. The van der Waals surface area contributed by atoms with Crippen molar-refractivity contribution >= 4 is 23.1 Å². The van der Waals surface area contributed by atoms with Crippen molar-refractivity contribution in [1.82, 2.24) is 20.5 Å². The lowest BCUT2D eigenvalue weighted by Crippen LogP contribution is -2.40. The molecule has 7 nitrogen and oxygen atoms in total. The number of carbonyl (C=O) groups is 1. The van der Waals surface area contributed by atoms with E-state index in [0.717, 1.165) is 48.0 Å². The van der Waals surface area contributed by atoms with E-state index in [1.165, 1.54) is 0 Å². The smallest absolute Gasteiger partial charge is 0.223 e. The summed E-state index contributed by atoms with van der Waals surface area (Å²) >= 11 is 1.60. The molecule has 0 unspecified atom stereocenters. The van der Waals surface area contributed by atoms with Crippen LogP contribution < -0.4 is 10.2 Å². The van der Waals surface area contributed by atoms with Crippen LogP contribution in [-0.4, -0.2) is 34.2 Å². The fourth-order valence-electron chi connectivity index (χ4n) is 3.84. The monoisotopic (exact) mass is 445 g/mol. The number of nitrogens with zero attached hydrogens (tertiary/aromatic N) is 4. The second-order valence-electron chi connectivity index (χ2n) is 7.74. The Balaban J connectivity index is 1.11. The molecule has 1 amide bonds. The predicted octanol–water partition coefficient (Wildman–Crippen LogP) is 4.39. The van der Waals surface area contributed by atoms with Gasteiger partial charge >= 0.3 is 0 Å². The number of piperidine rings is 1. The van der Waals surface area contributed by atoms with Crippen molar-refractivity contribution in [3.63, 3.8) is 0 Å². The highest BCUT2D eigenvalue weighted by Gasteiger charge is 2.26. The van der Waals surface area contributed by atoms with Crippen LogP contribution in [-0.2, 0) is 11.3 Å². The van der Waals surface area contributed by atoms with Gasteiger partial charge < -0.3 is 14.6 Å². The minimum Gasteiger partial charge on any atom is -0.463 e. The summed E-state index contributed by atoms with van der Waals surface area (Å²) < 4.78 is 5.36. The number of rotatable bonds is 6. The lowest BCUT2D eigenvalue weighted by Gasteiger charge is -2.31. The van der Waals surface area contributed by atoms with Crippen LogP contribution in [0.4, 0.5) is 5.82 Å². The summed E-state index contributed by atoms with van der Waals surface area (Å²) in [6.45, 7) is 2.02. The van der Waals surface area contributed by atoms with E-state index in [1.54, 1.807) is 17.6 Å². The van der Waals surface area contributed by atoms with Crippen molar-refractivity contribution in [1.29, 1.82) is 0 Å². The molecule has 5 rings (SSSR count). The van der Waals surface area contributed by atoms with Crippen molar-refractivity contribution in [2.24, 2.45) is 5.92 Å². The number of hydrogen-bond acceptors (Lipinski definition) is 7. The minimum absolute atomic E-state index is 0.00818. The maximum atomic E-state index is 12.7. The predicted molar refractivity (Wildman–Crippen MR) is 124 cm³/mol. The van der Waals surface area contributed by atoms with Crippen LogP contribution in [0.3, 0.4) is 0 Å². The van der Waals surface area contributed by atoms with Gasteiger partial charge in [-0.2, -0.15) is 0 Å². The third kappa shape index (κ3) is 4.55. The quantitative estimate of drug-likeness (QED) is 0.474. The fourth-order valence-corrected chi connectivity index (χ4v) is 4.67. The third-order valence-electron chi connectivity index (χ3n) is 5.63. The van der Waals surface area contributed by atoms with E-state index in [9.17, 15) is 4.79 Å². The van der Waals surface area contributed by atoms with Gasteiger partial charge in [0.05, 0.1) is 18.5 Å². The van der Waals surface area contributed by atoms with Crippen LogP contribution >= 0.6 is 11.3 Å². The molecular weight excluding hydrogens is 422 g/mol. The third-order valence-corrected chi connectivity index (χ3v) is 6.57. The van der Waals surface area contributed by atoms with E-state index < -0.39 is 0 Å². The zero-order valence-electron chi connectivity index (χ0n) is 17.5. The number of amides is 1. The Hall–Kier alpha value is -3.52. The van der Waals surface area contributed by atoms with E-state index >= 15 is 0 Å². The molecule has 1 N–H and O–H groups in total. The first kappa shape index (κ1) is 20.4. The molecular formula is C24H23N5O2S. The van der Waals surface area contributed by atoms with Gasteiger partial charge in [-0.15, -0.1) is 21.5 Å². The normalized spacial score (nSPS) is 14.4. The molecule has 4 aromatic rings. The Kier molecular flexibility index (Phi) is 5.93. The highest BCUT2D eigenvalue weighted by Crippen LogP contribution is 2.25. The van der Waals surface area contributed by atoms with Gasteiger partial charge in [0.15, 0.2) is 11.6 Å². The summed E-state index contributed by atoms with van der Waals surface area (Å²) in [6, 6.07) is 17.7. The Labute approximate surface area is 190 Å². The molecule has 1 saturated heterocycles. The van der Waals surface area contributed by atoms with Crippen LogP contribution in [0.2, 0.25) is 0 Å². The summed E-state index contributed by atoms with van der Waals surface area (Å²) in [4.78, 5) is 19.5. The van der Waals surface area contributed by atoms with Gasteiger partial charge in [0.1, 0.15) is 10.7 Å². The molecule has 0 bridgehead atoms. The molecule has 0 aliphatic carbocycles. The maximum absolute atomic E-state index is 12.7. The van der Waals surface area contributed by atoms with Crippen molar-refractivity contribution < 1.29 is 9.21 Å². The summed E-state index contributed by atoms with van der Waals surface area (Å²) in [7, 11) is 0. The number of hydrogen-bond donors (Lipinski definition) is 1. The first-order valence-electron chi connectivity index (χ1n) is 10.7. The molecule has 3 aromatic heterocycles. The van der Waals surface area contributed by atoms with Crippen LogP contribution in [0.15, 0.2) is 70.7 Å². The number of benzene rings is 1. The summed E-state index contributed by atoms with van der Waals surface area (Å²) in [5.74, 6) is 1.64. The van der Waals surface area contributed by atoms with Crippen LogP contribution in [0.1, 0.15) is 18.5 Å². The van der Waals surface area contributed by atoms with Crippen LogP contribution in [0.25, 0.3) is 22.0 Å². The van der Waals surface area contributed by atoms with Crippen molar-refractivity contribution in [2.75, 3.05) is 18.0 Å². The Morgan fingerprint density at radius 3 is 2.62 bits per heavy atom. The molecule has 1 aliphatic heterocycles. The standard InChI is InChI=1S/C24H23N5O2S/c30-23(25-15-19-16-32-24(26-19)18-5-2-1-3-6-18)17-10-12-29(13-11-17)22-9-8-20(27-28-22)21-7-4-14-31-21/h1-9,14,16-17H,10-13,15H2,(H,25,30). The zero-order chi connectivity index (χ0) is 21.8. The number of thiazole rings is 1. The number of anilines is 1. The Morgan fingerprint density at radius 2 is 1.91 bits per heavy atom. The number of furan rings is 1. The maximum Gasteiger partial charge on any atom is 0.223 e. The topological polar surface area (TPSA) is 84.2 Å². The molecule has 4 heterocycles. The van der Waals surface area contributed by atoms with Gasteiger partial charge in [-0.1, -0.05) is 30.3 Å². The molecule has 0 saturated carbocycles.